The molecule has 4 heteroatoms. The molecular weight excluding hydrogens is 250 g/mol. The Hall–Kier alpha value is -1.09. The second kappa shape index (κ2) is 5.70. The highest BCUT2D eigenvalue weighted by Gasteiger charge is 2.22. The van der Waals surface area contributed by atoms with E-state index in [4.69, 9.17) is 21.1 Å². The van der Waals surface area contributed by atoms with Crippen molar-refractivity contribution >= 4 is 17.3 Å². The van der Waals surface area contributed by atoms with E-state index in [1.54, 1.807) is 20.3 Å². The van der Waals surface area contributed by atoms with E-state index in [-0.39, 0.29) is 0 Å². The molecule has 1 fully saturated rings. The Morgan fingerprint density at radius 3 is 2.44 bits per heavy atom. The van der Waals surface area contributed by atoms with Gasteiger partial charge < -0.3 is 14.8 Å². The molecule has 2 atom stereocenters. The first-order chi connectivity index (χ1) is 8.63. The molecule has 0 spiro atoms. The maximum absolute atomic E-state index is 6.09. The molecule has 2 unspecified atom stereocenters. The van der Waals surface area contributed by atoms with E-state index >= 15 is 0 Å². The zero-order valence-electron chi connectivity index (χ0n) is 11.1. The molecule has 1 aliphatic rings. The first-order valence-corrected chi connectivity index (χ1v) is 6.70. The quantitative estimate of drug-likeness (QED) is 0.898. The Bertz CT molecular complexity index is 423. The van der Waals surface area contributed by atoms with E-state index in [1.807, 2.05) is 6.07 Å². The number of benzene rings is 1. The van der Waals surface area contributed by atoms with Crippen molar-refractivity contribution in [2.75, 3.05) is 19.5 Å². The molecule has 1 aromatic rings. The van der Waals surface area contributed by atoms with Gasteiger partial charge in [-0.15, -0.1) is 0 Å². The van der Waals surface area contributed by atoms with E-state index in [0.29, 0.717) is 16.8 Å². The molecule has 0 aliphatic heterocycles. The highest BCUT2D eigenvalue weighted by molar-refractivity contribution is 6.32. The smallest absolute Gasteiger partial charge is 0.143 e. The summed E-state index contributed by atoms with van der Waals surface area (Å²) in [4.78, 5) is 0. The molecule has 18 heavy (non-hydrogen) atoms. The van der Waals surface area contributed by atoms with Crippen LogP contribution in [0.15, 0.2) is 12.1 Å². The number of hydrogen-bond acceptors (Lipinski definition) is 3. The molecule has 0 saturated heterocycles. The minimum atomic E-state index is 0.514. The highest BCUT2D eigenvalue weighted by atomic mass is 35.5. The molecule has 100 valence electrons. The van der Waals surface area contributed by atoms with Gasteiger partial charge in [-0.3, -0.25) is 0 Å². The fourth-order valence-corrected chi connectivity index (χ4v) is 2.76. The van der Waals surface area contributed by atoms with Crippen LogP contribution in [-0.4, -0.2) is 20.3 Å². The van der Waals surface area contributed by atoms with Crippen molar-refractivity contribution in [1.29, 1.82) is 0 Å². The number of anilines is 1. The molecule has 0 amide bonds. The molecule has 1 saturated carbocycles. The summed E-state index contributed by atoms with van der Waals surface area (Å²) < 4.78 is 10.6. The van der Waals surface area contributed by atoms with Gasteiger partial charge in [0.2, 0.25) is 0 Å². The minimum absolute atomic E-state index is 0.514. The molecule has 0 bridgehead atoms. The van der Waals surface area contributed by atoms with Crippen LogP contribution in [0.4, 0.5) is 5.69 Å². The van der Waals surface area contributed by atoms with Crippen LogP contribution >= 0.6 is 11.6 Å². The van der Waals surface area contributed by atoms with Gasteiger partial charge in [0.1, 0.15) is 11.5 Å². The summed E-state index contributed by atoms with van der Waals surface area (Å²) in [6.45, 7) is 2.29. The summed E-state index contributed by atoms with van der Waals surface area (Å²) >= 11 is 6.09. The van der Waals surface area contributed by atoms with Crippen LogP contribution in [-0.2, 0) is 0 Å². The summed E-state index contributed by atoms with van der Waals surface area (Å²) in [5.74, 6) is 2.23. The maximum atomic E-state index is 6.09. The molecular formula is C14H20ClNO2. The second-order valence-electron chi connectivity index (χ2n) is 4.95. The minimum Gasteiger partial charge on any atom is -0.495 e. The van der Waals surface area contributed by atoms with Gasteiger partial charge in [-0.05, 0) is 25.2 Å². The van der Waals surface area contributed by atoms with Gasteiger partial charge in [-0.1, -0.05) is 18.5 Å². The fraction of sp³-hybridized carbons (Fsp3) is 0.571. The predicted octanol–water partition coefficient (Wildman–Crippen LogP) is 3.96. The first kappa shape index (κ1) is 13.3. The Labute approximate surface area is 113 Å². The van der Waals surface area contributed by atoms with Crippen molar-refractivity contribution in [2.45, 2.75) is 32.2 Å². The number of methoxy groups -OCH3 is 2. The summed E-state index contributed by atoms with van der Waals surface area (Å²) in [5, 5.41) is 4.10. The third-order valence-corrected chi connectivity index (χ3v) is 3.82. The third kappa shape index (κ3) is 2.83. The Balaban J connectivity index is 2.20. The van der Waals surface area contributed by atoms with E-state index in [0.717, 1.165) is 17.4 Å². The number of halogens is 1. The van der Waals surface area contributed by atoms with Crippen molar-refractivity contribution < 1.29 is 9.47 Å². The van der Waals surface area contributed by atoms with Gasteiger partial charge in [0.25, 0.3) is 0 Å². The molecule has 0 aromatic heterocycles. The Kier molecular flexibility index (Phi) is 4.23. The highest BCUT2D eigenvalue weighted by Crippen LogP contribution is 2.38. The lowest BCUT2D eigenvalue weighted by atomic mass is 10.1. The largest absolute Gasteiger partial charge is 0.495 e. The number of rotatable bonds is 4. The number of hydrogen-bond donors (Lipinski definition) is 1. The number of nitrogens with one attached hydrogen (secondary N) is 1. The Morgan fingerprint density at radius 1 is 1.17 bits per heavy atom. The van der Waals surface area contributed by atoms with Crippen LogP contribution in [0, 0.1) is 5.92 Å². The molecule has 0 heterocycles. The third-order valence-electron chi connectivity index (χ3n) is 3.53. The monoisotopic (exact) mass is 269 g/mol. The van der Waals surface area contributed by atoms with Crippen molar-refractivity contribution in [1.82, 2.24) is 0 Å². The maximum Gasteiger partial charge on any atom is 0.143 e. The normalized spacial score (nSPS) is 22.9. The Morgan fingerprint density at radius 2 is 1.89 bits per heavy atom. The van der Waals surface area contributed by atoms with Crippen LogP contribution in [0.1, 0.15) is 26.2 Å². The van der Waals surface area contributed by atoms with Gasteiger partial charge in [0, 0.05) is 18.2 Å². The molecule has 2 rings (SSSR count). The summed E-state index contributed by atoms with van der Waals surface area (Å²) in [6, 6.07) is 4.21. The lowest BCUT2D eigenvalue weighted by molar-refractivity contribution is 0.404. The topological polar surface area (TPSA) is 30.5 Å². The van der Waals surface area contributed by atoms with Crippen LogP contribution in [0.5, 0.6) is 11.5 Å². The zero-order valence-corrected chi connectivity index (χ0v) is 11.9. The van der Waals surface area contributed by atoms with Gasteiger partial charge in [0.05, 0.1) is 24.9 Å². The fourth-order valence-electron chi connectivity index (χ4n) is 2.53. The van der Waals surface area contributed by atoms with Gasteiger partial charge in [-0.25, -0.2) is 0 Å². The van der Waals surface area contributed by atoms with Gasteiger partial charge in [0.15, 0.2) is 0 Å². The summed E-state index contributed by atoms with van der Waals surface area (Å²) in [7, 11) is 3.27. The first-order valence-electron chi connectivity index (χ1n) is 6.32. The lowest BCUT2D eigenvalue weighted by Crippen LogP contribution is -2.16. The van der Waals surface area contributed by atoms with Crippen molar-refractivity contribution in [3.63, 3.8) is 0 Å². The van der Waals surface area contributed by atoms with Gasteiger partial charge in [-0.2, -0.15) is 0 Å². The average Bonchev–Trinajstić information content (AvgIpc) is 2.76. The van der Waals surface area contributed by atoms with Crippen molar-refractivity contribution in [3.05, 3.63) is 17.2 Å². The lowest BCUT2D eigenvalue weighted by Gasteiger charge is -2.18. The van der Waals surface area contributed by atoms with Crippen molar-refractivity contribution in [3.8, 4) is 11.5 Å². The van der Waals surface area contributed by atoms with Crippen LogP contribution in [0.25, 0.3) is 0 Å². The summed E-state index contributed by atoms with van der Waals surface area (Å²) in [6.07, 6.45) is 3.69. The second-order valence-corrected chi connectivity index (χ2v) is 5.35. The molecule has 1 aromatic carbocycles. The van der Waals surface area contributed by atoms with E-state index in [2.05, 4.69) is 12.2 Å². The average molecular weight is 270 g/mol. The van der Waals surface area contributed by atoms with E-state index in [1.165, 1.54) is 19.3 Å². The van der Waals surface area contributed by atoms with Crippen LogP contribution in [0.3, 0.4) is 0 Å². The van der Waals surface area contributed by atoms with E-state index in [9.17, 15) is 0 Å². The summed E-state index contributed by atoms with van der Waals surface area (Å²) in [5.41, 5.74) is 0.956. The van der Waals surface area contributed by atoms with Crippen molar-refractivity contribution in [2.24, 2.45) is 5.92 Å². The molecule has 1 aliphatic carbocycles. The van der Waals surface area contributed by atoms with Crippen LogP contribution < -0.4 is 14.8 Å². The standard InChI is InChI=1S/C14H20ClNO2/c1-9-4-5-10(6-9)16-12-8-13(17-2)11(15)7-14(12)18-3/h7-10,16H,4-6H2,1-3H3. The molecule has 3 nitrogen and oxygen atoms in total. The number of ether oxygens (including phenoxy) is 2. The SMILES string of the molecule is COc1cc(NC2CCC(C)C2)c(OC)cc1Cl. The van der Waals surface area contributed by atoms with Gasteiger partial charge >= 0.3 is 0 Å². The van der Waals surface area contributed by atoms with E-state index < -0.39 is 0 Å². The predicted molar refractivity (Wildman–Crippen MR) is 75.0 cm³/mol. The molecule has 0 radical (unpaired) electrons. The zero-order chi connectivity index (χ0) is 13.1. The molecule has 1 N–H and O–H groups in total. The van der Waals surface area contributed by atoms with Crippen LogP contribution in [0.2, 0.25) is 5.02 Å².